The van der Waals surface area contributed by atoms with Crippen molar-refractivity contribution in [3.63, 3.8) is 0 Å². The van der Waals surface area contributed by atoms with Gasteiger partial charge < -0.3 is 10.6 Å². The van der Waals surface area contributed by atoms with Crippen molar-refractivity contribution in [1.29, 1.82) is 0 Å². The molecule has 17 heavy (non-hydrogen) atoms. The van der Waals surface area contributed by atoms with Crippen LogP contribution in [0.1, 0.15) is 26.9 Å². The Morgan fingerprint density at radius 2 is 2.29 bits per heavy atom. The highest BCUT2D eigenvalue weighted by molar-refractivity contribution is 5.94. The van der Waals surface area contributed by atoms with Crippen molar-refractivity contribution in [2.45, 2.75) is 19.5 Å². The Kier molecular flexibility index (Phi) is 2.87. The highest BCUT2D eigenvalue weighted by atomic mass is 19.1. The molecule has 0 unspecified atom stereocenters. The molecule has 90 valence electrons. The van der Waals surface area contributed by atoms with Gasteiger partial charge in [0.15, 0.2) is 0 Å². The zero-order chi connectivity index (χ0) is 14.8. The SMILES string of the molecule is [2H]c1cc(C(=O)NC)c(F)c([2H])c1NC(C)(C)[N+]#[C-]. The molecule has 0 aliphatic rings. The van der Waals surface area contributed by atoms with E-state index in [0.717, 1.165) is 6.07 Å². The van der Waals surface area contributed by atoms with Crippen molar-refractivity contribution >= 4 is 11.6 Å². The molecule has 1 rings (SSSR count). The first-order valence-corrected chi connectivity index (χ1v) is 4.92. The third-order valence-electron chi connectivity index (χ3n) is 2.01. The summed E-state index contributed by atoms with van der Waals surface area (Å²) in [6.07, 6.45) is 0. The van der Waals surface area contributed by atoms with Gasteiger partial charge in [0.1, 0.15) is 5.82 Å². The molecule has 0 bridgehead atoms. The van der Waals surface area contributed by atoms with Crippen LogP contribution in [-0.4, -0.2) is 18.6 Å². The fourth-order valence-electron chi connectivity index (χ4n) is 1.12. The summed E-state index contributed by atoms with van der Waals surface area (Å²) in [5, 5.41) is 4.87. The number of hydrogen-bond donors (Lipinski definition) is 2. The Morgan fingerprint density at radius 1 is 1.65 bits per heavy atom. The van der Waals surface area contributed by atoms with Gasteiger partial charge in [0, 0.05) is 26.6 Å². The van der Waals surface area contributed by atoms with Crippen LogP contribution in [0.4, 0.5) is 10.1 Å². The number of carbonyl (C=O) groups is 1. The van der Waals surface area contributed by atoms with Crippen LogP contribution in [0.25, 0.3) is 4.85 Å². The Balaban J connectivity index is 3.36. The molecule has 0 saturated carbocycles. The van der Waals surface area contributed by atoms with E-state index in [1.807, 2.05) is 0 Å². The van der Waals surface area contributed by atoms with Crippen molar-refractivity contribution < 1.29 is 11.9 Å². The minimum Gasteiger partial charge on any atom is -0.355 e. The number of nitrogens with zero attached hydrogens (tertiary/aromatic N) is 1. The first-order chi connectivity index (χ1) is 8.73. The summed E-state index contributed by atoms with van der Waals surface area (Å²) in [6, 6.07) is 0.235. The average molecular weight is 237 g/mol. The number of anilines is 1. The zero-order valence-corrected chi connectivity index (χ0v) is 9.81. The molecular formula is C12H14FN3O. The van der Waals surface area contributed by atoms with Gasteiger partial charge in [-0.3, -0.25) is 9.64 Å². The maximum atomic E-state index is 13.9. The van der Waals surface area contributed by atoms with Crippen molar-refractivity contribution in [3.05, 3.63) is 40.9 Å². The van der Waals surface area contributed by atoms with Gasteiger partial charge in [-0.2, -0.15) is 0 Å². The number of amides is 1. The second-order valence-corrected chi connectivity index (χ2v) is 3.89. The second kappa shape index (κ2) is 4.83. The smallest absolute Gasteiger partial charge is 0.299 e. The van der Waals surface area contributed by atoms with Gasteiger partial charge in [-0.15, -0.1) is 0 Å². The monoisotopic (exact) mass is 237 g/mol. The number of hydrogen-bond acceptors (Lipinski definition) is 2. The van der Waals surface area contributed by atoms with Crippen LogP contribution in [0.15, 0.2) is 18.2 Å². The predicted molar refractivity (Wildman–Crippen MR) is 64.1 cm³/mol. The van der Waals surface area contributed by atoms with E-state index >= 15 is 0 Å². The molecular weight excluding hydrogens is 221 g/mol. The number of benzene rings is 1. The molecule has 0 saturated heterocycles. The molecule has 1 aromatic carbocycles. The molecule has 2 N–H and O–H groups in total. The fraction of sp³-hybridized carbons (Fsp3) is 0.333. The summed E-state index contributed by atoms with van der Waals surface area (Å²) in [5.74, 6) is -1.71. The lowest BCUT2D eigenvalue weighted by atomic mass is 10.1. The van der Waals surface area contributed by atoms with E-state index in [9.17, 15) is 9.18 Å². The van der Waals surface area contributed by atoms with Crippen LogP contribution in [0.5, 0.6) is 0 Å². The predicted octanol–water partition coefficient (Wildman–Crippen LogP) is 2.25. The molecule has 0 fully saturated rings. The summed E-state index contributed by atoms with van der Waals surface area (Å²) in [4.78, 5) is 14.7. The maximum absolute atomic E-state index is 13.9. The first kappa shape index (κ1) is 10.1. The summed E-state index contributed by atoms with van der Waals surface area (Å²) >= 11 is 0. The number of rotatable bonds is 3. The quantitative estimate of drug-likeness (QED) is 0.792. The summed E-state index contributed by atoms with van der Waals surface area (Å²) < 4.78 is 29.3. The molecule has 0 heterocycles. The van der Waals surface area contributed by atoms with Crippen molar-refractivity contribution in [1.82, 2.24) is 5.32 Å². The van der Waals surface area contributed by atoms with Gasteiger partial charge in [0.05, 0.1) is 8.30 Å². The van der Waals surface area contributed by atoms with Crippen LogP contribution in [0.2, 0.25) is 0 Å². The van der Waals surface area contributed by atoms with Gasteiger partial charge in [0.2, 0.25) is 0 Å². The van der Waals surface area contributed by atoms with E-state index in [-0.39, 0.29) is 17.3 Å². The molecule has 0 radical (unpaired) electrons. The van der Waals surface area contributed by atoms with Crippen LogP contribution >= 0.6 is 0 Å². The minimum absolute atomic E-state index is 0.105. The molecule has 1 aromatic rings. The molecule has 5 heteroatoms. The van der Waals surface area contributed by atoms with Crippen molar-refractivity contribution in [3.8, 4) is 0 Å². The first-order valence-electron chi connectivity index (χ1n) is 5.92. The maximum Gasteiger partial charge on any atom is 0.299 e. The third-order valence-corrected chi connectivity index (χ3v) is 2.01. The Labute approximate surface area is 102 Å². The summed E-state index contributed by atoms with van der Waals surface area (Å²) in [6.45, 7) is 10.1. The number of halogens is 1. The van der Waals surface area contributed by atoms with E-state index in [4.69, 9.17) is 9.31 Å². The molecule has 0 aromatic heterocycles. The fourth-order valence-corrected chi connectivity index (χ4v) is 1.12. The van der Waals surface area contributed by atoms with E-state index in [1.165, 1.54) is 7.05 Å². The zero-order valence-electron chi connectivity index (χ0n) is 11.8. The van der Waals surface area contributed by atoms with E-state index in [1.54, 1.807) is 13.8 Å². The molecule has 0 aliphatic heterocycles. The third kappa shape index (κ3) is 3.18. The summed E-state index contributed by atoms with van der Waals surface area (Å²) in [7, 11) is 1.34. The van der Waals surface area contributed by atoms with Gasteiger partial charge in [0.25, 0.3) is 11.6 Å². The standard InChI is InChI=1S/C12H14FN3O/c1-12(2,15-4)16-8-5-6-9(10(13)7-8)11(17)14-3/h5-7,16H,1-3H3,(H,14,17)/i5D,7D. The van der Waals surface area contributed by atoms with Crippen LogP contribution in [0, 0.1) is 12.4 Å². The number of nitrogens with one attached hydrogen (secondary N) is 2. The van der Waals surface area contributed by atoms with E-state index < -0.39 is 23.4 Å². The molecule has 0 spiro atoms. The largest absolute Gasteiger partial charge is 0.355 e. The van der Waals surface area contributed by atoms with Gasteiger partial charge in [-0.05, 0) is 18.2 Å². The minimum atomic E-state index is -1.06. The lowest BCUT2D eigenvalue weighted by Crippen LogP contribution is -2.26. The Bertz CT molecular complexity index is 567. The van der Waals surface area contributed by atoms with Crippen molar-refractivity contribution in [2.24, 2.45) is 0 Å². The Hall–Kier alpha value is -2.09. The van der Waals surface area contributed by atoms with Crippen LogP contribution in [0.3, 0.4) is 0 Å². The Morgan fingerprint density at radius 3 is 2.82 bits per heavy atom. The lowest BCUT2D eigenvalue weighted by molar-refractivity contribution is 0.0959. The van der Waals surface area contributed by atoms with Gasteiger partial charge in [-0.25, -0.2) is 11.0 Å². The topological polar surface area (TPSA) is 45.5 Å². The lowest BCUT2D eigenvalue weighted by Gasteiger charge is -2.15. The summed E-state index contributed by atoms with van der Waals surface area (Å²) in [5.41, 5.74) is -1.53. The van der Waals surface area contributed by atoms with Crippen LogP contribution < -0.4 is 10.6 Å². The molecule has 1 amide bonds. The molecule has 4 nitrogen and oxygen atoms in total. The van der Waals surface area contributed by atoms with Crippen molar-refractivity contribution in [2.75, 3.05) is 12.4 Å². The normalized spacial score (nSPS) is 12.2. The number of carbonyl (C=O) groups excluding carboxylic acids is 1. The molecule has 0 atom stereocenters. The van der Waals surface area contributed by atoms with Crippen LogP contribution in [-0.2, 0) is 0 Å². The average Bonchev–Trinajstić information content (AvgIpc) is 2.38. The highest BCUT2D eigenvalue weighted by Crippen LogP contribution is 2.19. The van der Waals surface area contributed by atoms with E-state index in [2.05, 4.69) is 15.5 Å². The second-order valence-electron chi connectivity index (χ2n) is 3.89. The van der Waals surface area contributed by atoms with E-state index in [0.29, 0.717) is 0 Å². The van der Waals surface area contributed by atoms with Gasteiger partial charge in [-0.1, -0.05) is 0 Å². The van der Waals surface area contributed by atoms with Gasteiger partial charge >= 0.3 is 0 Å². The highest BCUT2D eigenvalue weighted by Gasteiger charge is 2.22. The molecule has 0 aliphatic carbocycles.